The summed E-state index contributed by atoms with van der Waals surface area (Å²) < 4.78 is 66.5. The molecule has 0 spiro atoms. The van der Waals surface area contributed by atoms with Crippen molar-refractivity contribution in [1.82, 2.24) is 0 Å². The lowest BCUT2D eigenvalue weighted by atomic mass is 10.0. The highest BCUT2D eigenvalue weighted by Gasteiger charge is 2.48. The van der Waals surface area contributed by atoms with E-state index in [0.29, 0.717) is 97.1 Å². The zero-order chi connectivity index (χ0) is 106. The van der Waals surface area contributed by atoms with Crippen molar-refractivity contribution in [3.05, 3.63) is 212 Å². The molecule has 12 aromatic rings. The maximum Gasteiger partial charge on any atom is 0.344 e. The molecule has 0 amide bonds. The van der Waals surface area contributed by atoms with Crippen LogP contribution in [0.15, 0.2) is 146 Å². The molecule has 744 valence electrons. The summed E-state index contributed by atoms with van der Waals surface area (Å²) in [5, 5.41) is 305. The van der Waals surface area contributed by atoms with Crippen LogP contribution in [0.1, 0.15) is 124 Å². The number of aromatic hydroxyl groups is 29. The Bertz CT molecular complexity index is 7040. The molecule has 0 saturated carbocycles. The van der Waals surface area contributed by atoms with E-state index >= 15 is 19.2 Å². The van der Waals surface area contributed by atoms with E-state index in [-0.39, 0.29) is 48.5 Å². The second-order valence-corrected chi connectivity index (χ2v) is 29.2. The molecule has 54 nitrogen and oxygen atoms in total. The van der Waals surface area contributed by atoms with E-state index in [9.17, 15) is 191 Å². The highest BCUT2D eigenvalue weighted by Crippen LogP contribution is 2.50. The molecule has 0 aliphatic carbocycles. The average Bonchev–Trinajstić information content (AvgIpc) is 0.781. The fourth-order valence-corrected chi connectivity index (χ4v) is 12.3. The van der Waals surface area contributed by atoms with Crippen molar-refractivity contribution in [2.75, 3.05) is 6.61 Å². The van der Waals surface area contributed by atoms with Crippen LogP contribution in [0.2, 0.25) is 0 Å². The number of esters is 12. The van der Waals surface area contributed by atoms with E-state index in [2.05, 4.69) is 0 Å². The molecule has 0 aromatic heterocycles. The van der Waals surface area contributed by atoms with Crippen molar-refractivity contribution in [2.24, 2.45) is 0 Å². The first-order valence-corrected chi connectivity index (χ1v) is 38.9. The van der Waals surface area contributed by atoms with Crippen LogP contribution in [0, 0.1) is 0 Å². The van der Waals surface area contributed by atoms with Crippen LogP contribution in [0.25, 0.3) is 0 Å². The number of phenolic OH excluding ortho intramolecular Hbond substituents is 29. The van der Waals surface area contributed by atoms with Crippen LogP contribution in [0.4, 0.5) is 0 Å². The molecule has 0 fully saturated rings. The van der Waals surface area contributed by atoms with Crippen molar-refractivity contribution >= 4 is 77.9 Å². The lowest BCUT2D eigenvalue weighted by molar-refractivity contribution is -0.143. The van der Waals surface area contributed by atoms with E-state index < -0.39 is 383 Å². The summed E-state index contributed by atoms with van der Waals surface area (Å²) in [6.45, 7) is -2.05. The number of hydrogen-bond acceptors (Lipinski definition) is 54. The number of aldehydes is 1. The molecule has 0 bridgehead atoms. The van der Waals surface area contributed by atoms with Crippen molar-refractivity contribution in [3.8, 4) is 207 Å². The molecule has 0 aliphatic heterocycles. The summed E-state index contributed by atoms with van der Waals surface area (Å²) in [5.41, 5.74) is -14.4. The van der Waals surface area contributed by atoms with Gasteiger partial charge in [0, 0.05) is 0 Å². The average molecular weight is 2010 g/mol. The minimum Gasteiger partial charge on any atom is -0.504 e. The first kappa shape index (κ1) is 101. The third-order valence-corrected chi connectivity index (χ3v) is 19.5. The maximum atomic E-state index is 16.2. The van der Waals surface area contributed by atoms with Gasteiger partial charge < -0.3 is 205 Å². The number of hydrogen-bond donors (Lipinski definition) is 29. The fourth-order valence-electron chi connectivity index (χ4n) is 12.3. The number of benzene rings is 12. The van der Waals surface area contributed by atoms with Crippen molar-refractivity contribution < 1.29 is 267 Å². The largest absolute Gasteiger partial charge is 0.504 e. The Morgan fingerprint density at radius 3 is 0.590 bits per heavy atom. The smallest absolute Gasteiger partial charge is 0.344 e. The normalized spacial score (nSPS) is 11.7. The van der Waals surface area contributed by atoms with Gasteiger partial charge in [-0.25, -0.2) is 57.5 Å². The molecule has 4 atom stereocenters. The molecule has 0 aliphatic rings. The molecule has 12 aromatic carbocycles. The van der Waals surface area contributed by atoms with Crippen LogP contribution in [0.3, 0.4) is 0 Å². The van der Waals surface area contributed by atoms with Crippen LogP contribution < -0.4 is 33.2 Å². The zero-order valence-electron chi connectivity index (χ0n) is 70.6. The Hall–Kier alpha value is -21.8. The second-order valence-electron chi connectivity index (χ2n) is 29.2. The minimum atomic E-state index is -3.70. The lowest BCUT2D eigenvalue weighted by Crippen LogP contribution is -2.54. The molecule has 0 unspecified atom stereocenters. The summed E-state index contributed by atoms with van der Waals surface area (Å²) in [4.78, 5) is 193. The molecular weight excluding hydrogens is 1940 g/mol. The third kappa shape index (κ3) is 21.6. The number of phenols is 29. The van der Waals surface area contributed by atoms with Gasteiger partial charge in [-0.15, -0.1) is 0 Å². The van der Waals surface area contributed by atoms with Gasteiger partial charge in [0.25, 0.3) is 0 Å². The number of ether oxygens (including phenoxy) is 12. The van der Waals surface area contributed by atoms with Gasteiger partial charge in [-0.2, -0.15) is 0 Å². The van der Waals surface area contributed by atoms with E-state index in [4.69, 9.17) is 56.8 Å². The van der Waals surface area contributed by atoms with Gasteiger partial charge in [0.1, 0.15) is 6.61 Å². The Kier molecular flexibility index (Phi) is 28.3. The summed E-state index contributed by atoms with van der Waals surface area (Å²) in [6.07, 6.45) is -14.9. The van der Waals surface area contributed by atoms with Crippen molar-refractivity contribution in [1.29, 1.82) is 0 Å². The van der Waals surface area contributed by atoms with Gasteiger partial charge in [0.15, 0.2) is 220 Å². The lowest BCUT2D eigenvalue weighted by Gasteiger charge is -2.34. The minimum absolute atomic E-state index is 0.0909. The standard InChI is InChI=1S/C90H60O54/c91-25-63(139-86(128)37-21-59(135-81(123)29-5-43(96)67(113)44(97)6-29)75(141-87(129)34-15-53(106)72(118)54(107)16-34)60(22-37)136-82(124)30-7-45(98)68(114)46(99)8-30)77(143-90(132)38-23-61(137-83(125)31-9-47(100)69(115)48(101)10-31)76(142-88(130)35-17-55(108)73(119)56(109)18-35)62(24-38)138-84(126)32-11-49(102)70(116)50(103)12-32)78(144-89(131)36-19-57(110)74(120)58(20-36)134-80(122)28-3-41(94)66(112)42(95)4-28)64(140-85(127)33-13-51(104)71(117)52(105)14-33)26-133-79(121)27-1-39(92)65(111)40(93)2-27/h1-25,63-64,77-78,92-120H,26H2/t63-,64+,77+,78+/m0/s1. The maximum absolute atomic E-state index is 16.2. The number of carbonyl (C=O) groups is 13. The Morgan fingerprint density at radius 2 is 0.354 bits per heavy atom. The van der Waals surface area contributed by atoms with Crippen LogP contribution in [0.5, 0.6) is 207 Å². The van der Waals surface area contributed by atoms with Crippen LogP contribution in [-0.4, -0.2) is 257 Å². The Morgan fingerprint density at radius 1 is 0.188 bits per heavy atom. The summed E-state index contributed by atoms with van der Waals surface area (Å²) in [6, 6.07) is 6.88. The first-order chi connectivity index (χ1) is 67.7. The summed E-state index contributed by atoms with van der Waals surface area (Å²) >= 11 is 0. The van der Waals surface area contributed by atoms with Gasteiger partial charge >= 0.3 is 71.6 Å². The zero-order valence-corrected chi connectivity index (χ0v) is 70.6. The Balaban J connectivity index is 1.15. The monoisotopic (exact) mass is 2000 g/mol. The number of carbonyl (C=O) groups excluding carboxylic acids is 13. The highest BCUT2D eigenvalue weighted by atomic mass is 16.7. The number of rotatable bonds is 29. The quantitative estimate of drug-likeness (QED) is 0.00847. The molecule has 29 N–H and O–H groups in total. The van der Waals surface area contributed by atoms with Gasteiger partial charge in [-0.1, -0.05) is 0 Å². The summed E-state index contributed by atoms with van der Waals surface area (Å²) in [7, 11) is 0. The second kappa shape index (κ2) is 40.4. The fraction of sp³-hybridized carbons (Fsp3) is 0.0556. The molecule has 0 heterocycles. The van der Waals surface area contributed by atoms with Crippen LogP contribution in [-0.2, 0) is 28.5 Å². The molecular formula is C90H60O54. The van der Waals surface area contributed by atoms with Gasteiger partial charge in [-0.3, -0.25) is 4.79 Å². The molecule has 54 heteroatoms. The highest BCUT2D eigenvalue weighted by molar-refractivity contribution is 6.03. The topological polar surface area (TPSA) is 919 Å². The van der Waals surface area contributed by atoms with Crippen molar-refractivity contribution in [2.45, 2.75) is 24.4 Å². The molecule has 0 saturated heterocycles. The predicted octanol–water partition coefficient (Wildman–Crippen LogP) is 5.94. The van der Waals surface area contributed by atoms with Gasteiger partial charge in [0.2, 0.25) is 17.2 Å². The third-order valence-electron chi connectivity index (χ3n) is 19.5. The first-order valence-electron chi connectivity index (χ1n) is 38.9. The Labute approximate surface area is 792 Å². The molecule has 0 radical (unpaired) electrons. The van der Waals surface area contributed by atoms with Gasteiger partial charge in [-0.05, 0) is 146 Å². The van der Waals surface area contributed by atoms with E-state index in [1.807, 2.05) is 0 Å². The van der Waals surface area contributed by atoms with E-state index in [1.54, 1.807) is 0 Å². The molecule has 144 heavy (non-hydrogen) atoms. The van der Waals surface area contributed by atoms with Crippen molar-refractivity contribution in [3.63, 3.8) is 0 Å². The van der Waals surface area contributed by atoms with E-state index in [1.165, 1.54) is 0 Å². The summed E-state index contributed by atoms with van der Waals surface area (Å²) in [5.74, 6) is -75.5. The predicted molar refractivity (Wildman–Crippen MR) is 453 cm³/mol. The van der Waals surface area contributed by atoms with Gasteiger partial charge in [0.05, 0.1) is 66.8 Å². The SMILES string of the molecule is O=C[C@H](OC(=O)c1cc(OC(=O)c2cc(O)c(O)c(O)c2)c(OC(=O)c2cc(O)c(O)c(O)c2)c(OC(=O)c2cc(O)c(O)c(O)c2)c1)[C@@H](OC(=O)c1cc(OC(=O)c2cc(O)c(O)c(O)c2)c(OC(=O)c2cc(O)c(O)c(O)c2)c(OC(=O)c2cc(O)c(O)c(O)c2)c1)[C@H](OC(=O)c1cc(O)c(O)c(OC(=O)c2cc(O)c(O)c(O)c2)c1)[C@@H](COC(=O)c1cc(O)c(O)c(O)c1)OC(=O)c1cc(O)c(O)c(O)c1. The molecule has 12 rings (SSSR count). The van der Waals surface area contributed by atoms with Crippen LogP contribution >= 0.6 is 0 Å². The van der Waals surface area contributed by atoms with E-state index in [0.717, 1.165) is 0 Å².